The van der Waals surface area contributed by atoms with Crippen molar-refractivity contribution < 1.29 is 26.9 Å². The number of ketones is 2. The highest BCUT2D eigenvalue weighted by Crippen LogP contribution is 2.55. The van der Waals surface area contributed by atoms with Crippen LogP contribution in [0.4, 0.5) is 0 Å². The summed E-state index contributed by atoms with van der Waals surface area (Å²) in [7, 11) is -4.18. The maximum Gasteiger partial charge on any atom is 0.339 e. The summed E-state index contributed by atoms with van der Waals surface area (Å²) in [6.45, 7) is 17.3. The molecular formula is C37H45NO6S. The van der Waals surface area contributed by atoms with Gasteiger partial charge in [0.2, 0.25) is 0 Å². The average Bonchev–Trinajstić information content (AvgIpc) is 2.95. The van der Waals surface area contributed by atoms with Crippen molar-refractivity contribution in [1.82, 2.24) is 4.90 Å². The van der Waals surface area contributed by atoms with Crippen LogP contribution >= 0.6 is 0 Å². The molecule has 0 radical (unpaired) electrons. The maximum absolute atomic E-state index is 14.1. The fourth-order valence-corrected chi connectivity index (χ4v) is 8.13. The molecule has 0 bridgehead atoms. The minimum atomic E-state index is -4.18. The first kappa shape index (κ1) is 32.7. The molecule has 0 saturated heterocycles. The lowest BCUT2D eigenvalue weighted by Crippen LogP contribution is -2.44. The minimum Gasteiger partial charge on any atom is -0.490 e. The molecule has 0 amide bonds. The van der Waals surface area contributed by atoms with E-state index in [1.165, 1.54) is 12.1 Å². The van der Waals surface area contributed by atoms with Crippen LogP contribution in [0, 0.1) is 10.8 Å². The molecule has 2 aliphatic carbocycles. The molecule has 2 aromatic carbocycles. The molecule has 1 aliphatic heterocycles. The van der Waals surface area contributed by atoms with Crippen molar-refractivity contribution in [2.24, 2.45) is 10.8 Å². The Morgan fingerprint density at radius 1 is 0.911 bits per heavy atom. The highest BCUT2D eigenvalue weighted by atomic mass is 32.2. The number of benzene rings is 2. The second-order valence-electron chi connectivity index (χ2n) is 14.0. The molecule has 2 aromatic rings. The summed E-state index contributed by atoms with van der Waals surface area (Å²) >= 11 is 0. The Bertz CT molecular complexity index is 1640. The third-order valence-electron chi connectivity index (χ3n) is 8.85. The first-order valence-corrected chi connectivity index (χ1v) is 17.3. The molecule has 3 aliphatic rings. The van der Waals surface area contributed by atoms with Gasteiger partial charge in [0.1, 0.15) is 4.90 Å². The normalized spacial score (nSPS) is 19.7. The van der Waals surface area contributed by atoms with E-state index in [0.717, 1.165) is 42.8 Å². The molecule has 0 fully saturated rings. The minimum absolute atomic E-state index is 0.0276. The molecule has 5 rings (SSSR count). The van der Waals surface area contributed by atoms with Crippen molar-refractivity contribution in [2.75, 3.05) is 13.2 Å². The molecule has 240 valence electrons. The second kappa shape index (κ2) is 12.3. The molecule has 8 heteroatoms. The van der Waals surface area contributed by atoms with Crippen molar-refractivity contribution in [3.8, 4) is 11.5 Å². The third-order valence-corrected chi connectivity index (χ3v) is 10.1. The number of ether oxygens (including phenoxy) is 1. The molecular weight excluding hydrogens is 586 g/mol. The first-order chi connectivity index (χ1) is 21.2. The van der Waals surface area contributed by atoms with Crippen LogP contribution in [0.3, 0.4) is 0 Å². The fraction of sp³-hybridized carbons (Fsp3) is 0.459. The first-order valence-electron chi connectivity index (χ1n) is 15.9. The summed E-state index contributed by atoms with van der Waals surface area (Å²) < 4.78 is 38.6. The van der Waals surface area contributed by atoms with E-state index in [2.05, 4.69) is 46.1 Å². The number of carbonyl (C=O) groups excluding carboxylic acids is 2. The van der Waals surface area contributed by atoms with Gasteiger partial charge in [-0.1, -0.05) is 65.0 Å². The zero-order valence-corrected chi connectivity index (χ0v) is 28.2. The van der Waals surface area contributed by atoms with Crippen molar-refractivity contribution >= 4 is 21.7 Å². The Morgan fingerprint density at radius 3 is 2.00 bits per heavy atom. The number of hydrogen-bond acceptors (Lipinski definition) is 7. The van der Waals surface area contributed by atoms with Crippen molar-refractivity contribution in [2.45, 2.75) is 90.9 Å². The lowest BCUT2D eigenvalue weighted by molar-refractivity contribution is -0.119. The second-order valence-corrected chi connectivity index (χ2v) is 15.5. The molecule has 7 nitrogen and oxygen atoms in total. The molecule has 0 atom stereocenters. The molecule has 45 heavy (non-hydrogen) atoms. The predicted molar refractivity (Wildman–Crippen MR) is 176 cm³/mol. The molecule has 0 saturated carbocycles. The van der Waals surface area contributed by atoms with Gasteiger partial charge in [0.25, 0.3) is 0 Å². The van der Waals surface area contributed by atoms with E-state index < -0.39 is 16.0 Å². The quantitative estimate of drug-likeness (QED) is 0.196. The van der Waals surface area contributed by atoms with Gasteiger partial charge in [-0.05, 0) is 67.2 Å². The van der Waals surface area contributed by atoms with Crippen LogP contribution in [-0.4, -0.2) is 38.0 Å². The number of carbonyl (C=O) groups is 2. The van der Waals surface area contributed by atoms with Gasteiger partial charge < -0.3 is 13.8 Å². The summed E-state index contributed by atoms with van der Waals surface area (Å²) in [5.41, 5.74) is 4.19. The lowest BCUT2D eigenvalue weighted by atomic mass is 9.63. The largest absolute Gasteiger partial charge is 0.490 e. The Labute approximate surface area is 268 Å². The average molecular weight is 632 g/mol. The zero-order valence-electron chi connectivity index (χ0n) is 27.4. The van der Waals surface area contributed by atoms with Crippen molar-refractivity contribution in [3.63, 3.8) is 0 Å². The highest BCUT2D eigenvalue weighted by Gasteiger charge is 2.49. The topological polar surface area (TPSA) is 90.0 Å². The number of hydrogen-bond donors (Lipinski definition) is 0. The zero-order chi connectivity index (χ0) is 32.7. The van der Waals surface area contributed by atoms with E-state index in [1.807, 2.05) is 13.0 Å². The van der Waals surface area contributed by atoms with E-state index in [1.54, 1.807) is 30.3 Å². The van der Waals surface area contributed by atoms with Gasteiger partial charge in [-0.15, -0.1) is 6.58 Å². The van der Waals surface area contributed by atoms with Gasteiger partial charge in [-0.2, -0.15) is 8.42 Å². The molecule has 0 aromatic heterocycles. The van der Waals surface area contributed by atoms with Gasteiger partial charge >= 0.3 is 10.1 Å². The molecule has 0 spiro atoms. The van der Waals surface area contributed by atoms with E-state index >= 15 is 0 Å². The van der Waals surface area contributed by atoms with Gasteiger partial charge in [0.05, 0.1) is 6.61 Å². The van der Waals surface area contributed by atoms with Gasteiger partial charge in [0, 0.05) is 53.4 Å². The summed E-state index contributed by atoms with van der Waals surface area (Å²) in [5.74, 6) is -0.154. The Hall–Kier alpha value is -3.65. The Kier molecular flexibility index (Phi) is 8.93. The van der Waals surface area contributed by atoms with E-state index in [9.17, 15) is 18.0 Å². The van der Waals surface area contributed by atoms with Gasteiger partial charge in [-0.3, -0.25) is 9.59 Å². The number of allylic oxidation sites excluding steroid dienone is 5. The molecule has 0 N–H and O–H groups in total. The maximum atomic E-state index is 14.1. The fourth-order valence-electron chi connectivity index (χ4n) is 7.13. The van der Waals surface area contributed by atoms with Crippen LogP contribution in [0.2, 0.25) is 0 Å². The van der Waals surface area contributed by atoms with E-state index in [0.29, 0.717) is 36.0 Å². The van der Waals surface area contributed by atoms with E-state index in [-0.39, 0.29) is 45.4 Å². The summed E-state index contributed by atoms with van der Waals surface area (Å²) in [6, 6.07) is 11.6. The predicted octanol–water partition coefficient (Wildman–Crippen LogP) is 7.68. The Balaban J connectivity index is 1.76. The third kappa shape index (κ3) is 6.39. The van der Waals surface area contributed by atoms with Gasteiger partial charge in [-0.25, -0.2) is 0 Å². The molecule has 0 unspecified atom stereocenters. The number of nitrogens with zero attached hydrogens (tertiary/aromatic N) is 1. The van der Waals surface area contributed by atoms with Crippen LogP contribution in [0.15, 0.2) is 82.6 Å². The van der Waals surface area contributed by atoms with E-state index in [4.69, 9.17) is 8.92 Å². The SMILES string of the molecule is C=CCc1cc(C2C3=C(CC(C)(C)CC3=O)N(CCC)C3=C2C(=O)CC(C)(C)C3)cc(OCC)c1OS(=O)(=O)c1ccccc1. The summed E-state index contributed by atoms with van der Waals surface area (Å²) in [6.07, 6.45) is 5.08. The summed E-state index contributed by atoms with van der Waals surface area (Å²) in [5, 5.41) is 0. The van der Waals surface area contributed by atoms with Crippen LogP contribution in [-0.2, 0) is 26.1 Å². The molecule has 1 heterocycles. The smallest absolute Gasteiger partial charge is 0.339 e. The highest BCUT2D eigenvalue weighted by molar-refractivity contribution is 7.87. The standard InChI is InChI=1S/C37H45NO6S/c1-8-14-24-18-25(19-31(43-10-3)35(24)44-45(41,42)26-15-12-11-13-16-26)32-33-27(20-36(4,5)22-29(33)39)38(17-9-2)28-21-37(6,7)23-30(40)34(28)32/h8,11-13,15-16,18-19,32H,1,9-10,14,17,20-23H2,2-7H3. The van der Waals surface area contributed by atoms with Crippen molar-refractivity contribution in [3.05, 3.63) is 88.8 Å². The monoisotopic (exact) mass is 631 g/mol. The Morgan fingerprint density at radius 2 is 1.49 bits per heavy atom. The number of Topliss-reactive ketones (excluding diaryl/α,β-unsaturated/α-hetero) is 2. The van der Waals surface area contributed by atoms with Gasteiger partial charge in [0.15, 0.2) is 23.1 Å². The van der Waals surface area contributed by atoms with Crippen LogP contribution < -0.4 is 8.92 Å². The number of rotatable bonds is 10. The lowest BCUT2D eigenvalue weighted by Gasteiger charge is -2.49. The van der Waals surface area contributed by atoms with Crippen LogP contribution in [0.25, 0.3) is 0 Å². The van der Waals surface area contributed by atoms with Crippen LogP contribution in [0.5, 0.6) is 11.5 Å². The summed E-state index contributed by atoms with van der Waals surface area (Å²) in [4.78, 5) is 30.6. The van der Waals surface area contributed by atoms with Crippen molar-refractivity contribution in [1.29, 1.82) is 0 Å². The van der Waals surface area contributed by atoms with Crippen LogP contribution in [0.1, 0.15) is 90.7 Å².